The molecule has 0 radical (unpaired) electrons. The quantitative estimate of drug-likeness (QED) is 0.570. The van der Waals surface area contributed by atoms with Gasteiger partial charge >= 0.3 is 0 Å². The molecule has 0 amide bonds. The fourth-order valence-electron chi connectivity index (χ4n) is 1.11. The first-order valence-electron chi connectivity index (χ1n) is 5.39. The summed E-state index contributed by atoms with van der Waals surface area (Å²) >= 11 is 5.16. The van der Waals surface area contributed by atoms with E-state index in [1.165, 1.54) is 0 Å². The monoisotopic (exact) mass is 253 g/mol. The third-order valence-corrected chi connectivity index (χ3v) is 2.08. The van der Waals surface area contributed by atoms with Crippen molar-refractivity contribution < 1.29 is 4.74 Å². The Morgan fingerprint density at radius 3 is 2.59 bits per heavy atom. The van der Waals surface area contributed by atoms with Gasteiger partial charge in [0, 0.05) is 17.3 Å². The summed E-state index contributed by atoms with van der Waals surface area (Å²) in [6.07, 6.45) is 0. The molecule has 0 aliphatic heterocycles. The Balaban J connectivity index is 2.50. The van der Waals surface area contributed by atoms with Gasteiger partial charge in [0.15, 0.2) is 5.11 Å². The van der Waals surface area contributed by atoms with Crippen LogP contribution in [0.5, 0.6) is 5.75 Å². The van der Waals surface area contributed by atoms with Crippen molar-refractivity contribution in [1.29, 1.82) is 0 Å². The second-order valence-corrected chi connectivity index (χ2v) is 5.09. The summed E-state index contributed by atoms with van der Waals surface area (Å²) in [4.78, 5) is 0. The van der Waals surface area contributed by atoms with E-state index in [1.807, 2.05) is 45.0 Å². The number of hydrazine groups is 1. The number of ether oxygens (including phenoxy) is 1. The zero-order valence-electron chi connectivity index (χ0n) is 10.6. The maximum Gasteiger partial charge on any atom is 0.185 e. The predicted molar refractivity (Wildman–Crippen MR) is 75.2 cm³/mol. The molecule has 0 aliphatic rings. The Bertz CT molecular complexity index is 388. The number of hydrogen-bond donors (Lipinski definition) is 3. The molecular weight excluding hydrogens is 234 g/mol. The molecule has 0 heterocycles. The van der Waals surface area contributed by atoms with Crippen LogP contribution in [0, 0.1) is 0 Å². The largest absolute Gasteiger partial charge is 0.497 e. The summed E-state index contributed by atoms with van der Waals surface area (Å²) < 4.78 is 5.13. The molecule has 0 atom stereocenters. The molecule has 0 saturated heterocycles. The summed E-state index contributed by atoms with van der Waals surface area (Å²) in [6.45, 7) is 6.15. The van der Waals surface area contributed by atoms with Crippen LogP contribution in [-0.4, -0.2) is 17.8 Å². The molecule has 0 bridgehead atoms. The van der Waals surface area contributed by atoms with Gasteiger partial charge in [-0.3, -0.25) is 5.43 Å². The van der Waals surface area contributed by atoms with E-state index in [2.05, 4.69) is 16.2 Å². The molecular formula is C12H19N3OS. The normalized spacial score (nSPS) is 10.8. The van der Waals surface area contributed by atoms with Crippen LogP contribution in [0.4, 0.5) is 5.69 Å². The summed E-state index contributed by atoms with van der Waals surface area (Å²) in [5, 5.41) is 3.59. The van der Waals surface area contributed by atoms with Gasteiger partial charge in [0.05, 0.1) is 7.11 Å². The van der Waals surface area contributed by atoms with Crippen molar-refractivity contribution in [2.75, 3.05) is 12.4 Å². The molecule has 1 aromatic rings. The van der Waals surface area contributed by atoms with E-state index in [0.29, 0.717) is 5.11 Å². The first kappa shape index (κ1) is 13.7. The second kappa shape index (κ2) is 5.84. The van der Waals surface area contributed by atoms with Crippen LogP contribution in [0.25, 0.3) is 0 Å². The molecule has 1 aromatic carbocycles. The van der Waals surface area contributed by atoms with Crippen molar-refractivity contribution in [3.8, 4) is 5.75 Å². The Kier molecular flexibility index (Phi) is 4.72. The molecule has 0 aliphatic carbocycles. The minimum absolute atomic E-state index is 0.0415. The van der Waals surface area contributed by atoms with Crippen LogP contribution in [-0.2, 0) is 0 Å². The number of rotatable bonds is 3. The van der Waals surface area contributed by atoms with Crippen molar-refractivity contribution in [3.63, 3.8) is 0 Å². The maximum absolute atomic E-state index is 5.16. The summed E-state index contributed by atoms with van der Waals surface area (Å²) in [7, 11) is 1.64. The van der Waals surface area contributed by atoms with E-state index < -0.39 is 0 Å². The van der Waals surface area contributed by atoms with E-state index >= 15 is 0 Å². The smallest absolute Gasteiger partial charge is 0.185 e. The number of anilines is 1. The third kappa shape index (κ3) is 5.51. The first-order valence-corrected chi connectivity index (χ1v) is 5.80. The molecule has 17 heavy (non-hydrogen) atoms. The van der Waals surface area contributed by atoms with Crippen molar-refractivity contribution >= 4 is 23.0 Å². The Morgan fingerprint density at radius 1 is 1.29 bits per heavy atom. The highest BCUT2D eigenvalue weighted by atomic mass is 32.1. The highest BCUT2D eigenvalue weighted by molar-refractivity contribution is 7.80. The number of nitrogens with one attached hydrogen (secondary N) is 3. The highest BCUT2D eigenvalue weighted by Gasteiger charge is 2.08. The number of benzene rings is 1. The minimum atomic E-state index is -0.0415. The Labute approximate surface area is 108 Å². The summed E-state index contributed by atoms with van der Waals surface area (Å²) in [5.74, 6) is 0.793. The summed E-state index contributed by atoms with van der Waals surface area (Å²) in [5.41, 5.74) is 6.87. The van der Waals surface area contributed by atoms with E-state index in [-0.39, 0.29) is 5.54 Å². The van der Waals surface area contributed by atoms with Crippen molar-refractivity contribution in [3.05, 3.63) is 24.3 Å². The zero-order valence-corrected chi connectivity index (χ0v) is 11.4. The van der Waals surface area contributed by atoms with Gasteiger partial charge in [-0.25, -0.2) is 5.43 Å². The summed E-state index contributed by atoms with van der Waals surface area (Å²) in [6, 6.07) is 7.59. The van der Waals surface area contributed by atoms with Gasteiger partial charge in [0.25, 0.3) is 0 Å². The van der Waals surface area contributed by atoms with Crippen LogP contribution in [0.15, 0.2) is 24.3 Å². The highest BCUT2D eigenvalue weighted by Crippen LogP contribution is 2.16. The number of methoxy groups -OCH3 is 1. The van der Waals surface area contributed by atoms with Gasteiger partial charge < -0.3 is 10.1 Å². The topological polar surface area (TPSA) is 45.3 Å². The maximum atomic E-state index is 5.16. The number of hydrogen-bond acceptors (Lipinski definition) is 3. The molecule has 0 spiro atoms. The third-order valence-electron chi connectivity index (χ3n) is 1.88. The van der Waals surface area contributed by atoms with Crippen molar-refractivity contribution in [2.24, 2.45) is 0 Å². The van der Waals surface area contributed by atoms with Gasteiger partial charge in [-0.2, -0.15) is 0 Å². The van der Waals surface area contributed by atoms with Crippen LogP contribution in [0.2, 0.25) is 0 Å². The lowest BCUT2D eigenvalue weighted by molar-refractivity contribution is 0.405. The van der Waals surface area contributed by atoms with E-state index in [0.717, 1.165) is 11.4 Å². The van der Waals surface area contributed by atoms with Gasteiger partial charge in [0.1, 0.15) is 5.75 Å². The standard InChI is InChI=1S/C12H19N3OS/c1-12(2,3)15-14-11(17)13-9-6-5-7-10(8-9)16-4/h5-8,15H,1-4H3,(H2,13,14,17). The Hall–Kier alpha value is -1.33. The zero-order chi connectivity index (χ0) is 12.9. The van der Waals surface area contributed by atoms with E-state index in [4.69, 9.17) is 17.0 Å². The molecule has 0 aromatic heterocycles. The van der Waals surface area contributed by atoms with E-state index in [1.54, 1.807) is 7.11 Å². The molecule has 0 unspecified atom stereocenters. The molecule has 0 saturated carbocycles. The minimum Gasteiger partial charge on any atom is -0.497 e. The molecule has 4 nitrogen and oxygen atoms in total. The Morgan fingerprint density at radius 2 is 2.00 bits per heavy atom. The van der Waals surface area contributed by atoms with Gasteiger partial charge in [-0.15, -0.1) is 0 Å². The second-order valence-electron chi connectivity index (χ2n) is 4.69. The average molecular weight is 253 g/mol. The molecule has 5 heteroatoms. The van der Waals surface area contributed by atoms with Gasteiger partial charge in [0.2, 0.25) is 0 Å². The van der Waals surface area contributed by atoms with Crippen molar-refractivity contribution in [2.45, 2.75) is 26.3 Å². The lowest BCUT2D eigenvalue weighted by atomic mass is 10.1. The lowest BCUT2D eigenvalue weighted by Gasteiger charge is -2.22. The molecule has 0 fully saturated rings. The molecule has 3 N–H and O–H groups in total. The van der Waals surface area contributed by atoms with Crippen molar-refractivity contribution in [1.82, 2.24) is 10.9 Å². The van der Waals surface area contributed by atoms with Gasteiger partial charge in [-0.1, -0.05) is 6.07 Å². The fourth-order valence-corrected chi connectivity index (χ4v) is 1.28. The van der Waals surface area contributed by atoms with Gasteiger partial charge in [-0.05, 0) is 45.1 Å². The molecule has 1 rings (SSSR count). The first-order chi connectivity index (χ1) is 7.90. The SMILES string of the molecule is COc1cccc(NC(=S)NNC(C)(C)C)c1. The predicted octanol–water partition coefficient (Wildman–Crippen LogP) is 2.28. The van der Waals surface area contributed by atoms with E-state index in [9.17, 15) is 0 Å². The fraction of sp³-hybridized carbons (Fsp3) is 0.417. The molecule has 94 valence electrons. The van der Waals surface area contributed by atoms with Crippen LogP contribution < -0.4 is 20.9 Å². The van der Waals surface area contributed by atoms with Crippen LogP contribution in [0.1, 0.15) is 20.8 Å². The number of thiocarbonyl (C=S) groups is 1. The average Bonchev–Trinajstić information content (AvgIpc) is 2.26. The van der Waals surface area contributed by atoms with Crippen LogP contribution >= 0.6 is 12.2 Å². The van der Waals surface area contributed by atoms with Crippen LogP contribution in [0.3, 0.4) is 0 Å². The lowest BCUT2D eigenvalue weighted by Crippen LogP contribution is -2.50.